The Labute approximate surface area is 173 Å². The lowest BCUT2D eigenvalue weighted by Crippen LogP contribution is -2.26. The van der Waals surface area contributed by atoms with E-state index in [-0.39, 0.29) is 23.4 Å². The fraction of sp³-hybridized carbons (Fsp3) is 0.238. The van der Waals surface area contributed by atoms with Gasteiger partial charge in [-0.05, 0) is 37.1 Å². The number of amides is 1. The maximum Gasteiger partial charge on any atom is 0.340 e. The SMILES string of the molecule is COC(=O)c1cn(CC(=O)Nc2cccc(S(=O)(=O)NC3CC3)c2)c2ccccc12. The molecule has 1 heterocycles. The number of hydrogen-bond acceptors (Lipinski definition) is 5. The van der Waals surface area contributed by atoms with E-state index in [0.717, 1.165) is 18.4 Å². The third kappa shape index (κ3) is 4.22. The van der Waals surface area contributed by atoms with Crippen LogP contribution in [0, 0.1) is 0 Å². The first kappa shape index (κ1) is 20.1. The van der Waals surface area contributed by atoms with Gasteiger partial charge in [0.1, 0.15) is 6.54 Å². The monoisotopic (exact) mass is 427 g/mol. The number of rotatable bonds is 7. The van der Waals surface area contributed by atoms with Gasteiger partial charge in [0.15, 0.2) is 0 Å². The van der Waals surface area contributed by atoms with Gasteiger partial charge in [0.2, 0.25) is 15.9 Å². The molecule has 1 aliphatic carbocycles. The summed E-state index contributed by atoms with van der Waals surface area (Å²) in [6, 6.07) is 13.3. The Bertz CT molecular complexity index is 1230. The molecule has 1 amide bonds. The largest absolute Gasteiger partial charge is 0.465 e. The summed E-state index contributed by atoms with van der Waals surface area (Å²) in [6.07, 6.45) is 3.26. The second-order valence-electron chi connectivity index (χ2n) is 7.15. The molecule has 3 aromatic rings. The zero-order chi connectivity index (χ0) is 21.3. The molecular weight excluding hydrogens is 406 g/mol. The van der Waals surface area contributed by atoms with Crippen LogP contribution in [0.15, 0.2) is 59.6 Å². The number of ether oxygens (including phenoxy) is 1. The summed E-state index contributed by atoms with van der Waals surface area (Å²) >= 11 is 0. The standard InChI is InChI=1S/C21H21N3O5S/c1-29-21(26)18-12-24(19-8-3-2-7-17(18)19)13-20(25)22-15-5-4-6-16(11-15)30(27,28)23-14-9-10-14/h2-8,11-12,14,23H,9-10,13H2,1H3,(H,22,25). The Morgan fingerprint density at radius 1 is 1.13 bits per heavy atom. The third-order valence-electron chi connectivity index (χ3n) is 4.84. The second-order valence-corrected chi connectivity index (χ2v) is 8.86. The minimum absolute atomic E-state index is 0.000671. The van der Waals surface area contributed by atoms with Crippen LogP contribution in [0.2, 0.25) is 0 Å². The van der Waals surface area contributed by atoms with E-state index in [0.29, 0.717) is 16.6 Å². The molecule has 8 nitrogen and oxygen atoms in total. The number of methoxy groups -OCH3 is 1. The first-order valence-electron chi connectivity index (χ1n) is 9.46. The third-order valence-corrected chi connectivity index (χ3v) is 6.35. The van der Waals surface area contributed by atoms with Gasteiger partial charge < -0.3 is 14.6 Å². The van der Waals surface area contributed by atoms with Crippen molar-refractivity contribution in [2.24, 2.45) is 0 Å². The molecule has 2 N–H and O–H groups in total. The van der Waals surface area contributed by atoms with E-state index >= 15 is 0 Å². The number of anilines is 1. The van der Waals surface area contributed by atoms with Gasteiger partial charge in [-0.25, -0.2) is 17.9 Å². The Kier molecular flexibility index (Phi) is 5.31. The van der Waals surface area contributed by atoms with Gasteiger partial charge in [0.25, 0.3) is 0 Å². The van der Waals surface area contributed by atoms with Crippen LogP contribution in [0.25, 0.3) is 10.9 Å². The highest BCUT2D eigenvalue weighted by Gasteiger charge is 2.28. The van der Waals surface area contributed by atoms with Gasteiger partial charge in [-0.2, -0.15) is 0 Å². The van der Waals surface area contributed by atoms with Crippen LogP contribution in [0.1, 0.15) is 23.2 Å². The highest BCUT2D eigenvalue weighted by atomic mass is 32.2. The molecule has 9 heteroatoms. The Hall–Kier alpha value is -3.17. The number of para-hydroxylation sites is 1. The van der Waals surface area contributed by atoms with Gasteiger partial charge in [-0.15, -0.1) is 0 Å². The number of sulfonamides is 1. The molecule has 0 spiro atoms. The van der Waals surface area contributed by atoms with E-state index in [1.54, 1.807) is 35.0 Å². The number of benzene rings is 2. The van der Waals surface area contributed by atoms with Crippen LogP contribution in [-0.4, -0.2) is 38.0 Å². The lowest BCUT2D eigenvalue weighted by Gasteiger charge is -2.10. The molecule has 1 saturated carbocycles. The van der Waals surface area contributed by atoms with Crippen molar-refractivity contribution < 1.29 is 22.7 Å². The fourth-order valence-corrected chi connectivity index (χ4v) is 4.59. The number of nitrogens with one attached hydrogen (secondary N) is 2. The minimum Gasteiger partial charge on any atom is -0.465 e. The molecule has 30 heavy (non-hydrogen) atoms. The van der Waals surface area contributed by atoms with Crippen molar-refractivity contribution in [2.75, 3.05) is 12.4 Å². The van der Waals surface area contributed by atoms with E-state index in [9.17, 15) is 18.0 Å². The quantitative estimate of drug-likeness (QED) is 0.564. The number of carbonyl (C=O) groups excluding carboxylic acids is 2. The van der Waals surface area contributed by atoms with Crippen molar-refractivity contribution >= 4 is 38.5 Å². The molecule has 4 rings (SSSR count). The van der Waals surface area contributed by atoms with E-state index in [1.807, 2.05) is 12.1 Å². The topological polar surface area (TPSA) is 106 Å². The normalized spacial score (nSPS) is 13.9. The molecule has 0 aliphatic heterocycles. The number of fused-ring (bicyclic) bond motifs is 1. The van der Waals surface area contributed by atoms with Crippen molar-refractivity contribution in [3.05, 3.63) is 60.3 Å². The van der Waals surface area contributed by atoms with E-state index in [2.05, 4.69) is 10.0 Å². The van der Waals surface area contributed by atoms with Gasteiger partial charge >= 0.3 is 5.97 Å². The van der Waals surface area contributed by atoms with Gasteiger partial charge in [-0.1, -0.05) is 24.3 Å². The molecule has 0 unspecified atom stereocenters. The van der Waals surface area contributed by atoms with E-state index in [4.69, 9.17) is 4.74 Å². The molecule has 1 aliphatic rings. The van der Waals surface area contributed by atoms with Crippen molar-refractivity contribution in [1.82, 2.24) is 9.29 Å². The minimum atomic E-state index is -3.61. The molecule has 0 atom stereocenters. The van der Waals surface area contributed by atoms with E-state index < -0.39 is 16.0 Å². The number of carbonyl (C=O) groups is 2. The summed E-state index contributed by atoms with van der Waals surface area (Å²) in [6.45, 7) is -0.0468. The van der Waals surface area contributed by atoms with Crippen LogP contribution < -0.4 is 10.0 Å². The number of esters is 1. The maximum atomic E-state index is 12.6. The molecule has 2 aromatic carbocycles. The summed E-state index contributed by atoms with van der Waals surface area (Å²) in [5.74, 6) is -0.830. The highest BCUT2D eigenvalue weighted by Crippen LogP contribution is 2.24. The summed E-state index contributed by atoms with van der Waals surface area (Å²) < 4.78 is 33.9. The average molecular weight is 427 g/mol. The van der Waals surface area contributed by atoms with Gasteiger partial charge in [0.05, 0.1) is 17.6 Å². The van der Waals surface area contributed by atoms with Crippen molar-refractivity contribution in [3.63, 3.8) is 0 Å². The number of aromatic nitrogens is 1. The van der Waals surface area contributed by atoms with Gasteiger partial charge in [0, 0.05) is 28.8 Å². The molecule has 1 aromatic heterocycles. The molecule has 1 fully saturated rings. The molecule has 156 valence electrons. The van der Waals surface area contributed by atoms with Crippen molar-refractivity contribution in [2.45, 2.75) is 30.3 Å². The van der Waals surface area contributed by atoms with Crippen LogP contribution in [-0.2, 0) is 26.1 Å². The predicted octanol–water partition coefficient (Wildman–Crippen LogP) is 2.51. The smallest absolute Gasteiger partial charge is 0.340 e. The number of nitrogens with zero attached hydrogens (tertiary/aromatic N) is 1. The lowest BCUT2D eigenvalue weighted by molar-refractivity contribution is -0.116. The zero-order valence-corrected chi connectivity index (χ0v) is 17.1. The highest BCUT2D eigenvalue weighted by molar-refractivity contribution is 7.89. The lowest BCUT2D eigenvalue weighted by atomic mass is 10.2. The number of hydrogen-bond donors (Lipinski definition) is 2. The van der Waals surface area contributed by atoms with Crippen LogP contribution in [0.4, 0.5) is 5.69 Å². The first-order chi connectivity index (χ1) is 14.4. The second kappa shape index (κ2) is 7.92. The average Bonchev–Trinajstić information content (AvgIpc) is 3.46. The molecule has 0 radical (unpaired) electrons. The zero-order valence-electron chi connectivity index (χ0n) is 16.3. The summed E-state index contributed by atoms with van der Waals surface area (Å²) in [5, 5.41) is 3.41. The van der Waals surface area contributed by atoms with Gasteiger partial charge in [-0.3, -0.25) is 4.79 Å². The van der Waals surface area contributed by atoms with E-state index in [1.165, 1.54) is 19.2 Å². The summed E-state index contributed by atoms with van der Waals surface area (Å²) in [5.41, 5.74) is 1.47. The molecule has 0 saturated heterocycles. The summed E-state index contributed by atoms with van der Waals surface area (Å²) in [4.78, 5) is 24.7. The van der Waals surface area contributed by atoms with Crippen LogP contribution in [0.5, 0.6) is 0 Å². The Morgan fingerprint density at radius 2 is 1.90 bits per heavy atom. The fourth-order valence-electron chi connectivity index (χ4n) is 3.24. The van der Waals surface area contributed by atoms with Crippen molar-refractivity contribution in [3.8, 4) is 0 Å². The Balaban J connectivity index is 1.53. The van der Waals surface area contributed by atoms with Crippen molar-refractivity contribution in [1.29, 1.82) is 0 Å². The van der Waals surface area contributed by atoms with Crippen LogP contribution >= 0.6 is 0 Å². The summed E-state index contributed by atoms with van der Waals surface area (Å²) in [7, 11) is -2.30. The van der Waals surface area contributed by atoms with Crippen LogP contribution in [0.3, 0.4) is 0 Å². The molecular formula is C21H21N3O5S. The predicted molar refractivity (Wildman–Crippen MR) is 112 cm³/mol. The molecule has 0 bridgehead atoms. The Morgan fingerprint density at radius 3 is 2.63 bits per heavy atom. The first-order valence-corrected chi connectivity index (χ1v) is 10.9. The maximum absolute atomic E-state index is 12.6.